The van der Waals surface area contributed by atoms with Crippen LogP contribution in [0.2, 0.25) is 0 Å². The van der Waals surface area contributed by atoms with Crippen LogP contribution in [-0.4, -0.2) is 38.0 Å². The van der Waals surface area contributed by atoms with Crippen LogP contribution in [-0.2, 0) is 21.4 Å². The maximum atomic E-state index is 11.9. The summed E-state index contributed by atoms with van der Waals surface area (Å²) in [4.78, 5) is 11.9. The Bertz CT molecular complexity index is 650. The molecule has 1 aromatic heterocycles. The molecule has 2 rings (SSSR count). The minimum absolute atomic E-state index is 0.125. The van der Waals surface area contributed by atoms with E-state index in [2.05, 4.69) is 11.4 Å². The van der Waals surface area contributed by atoms with Crippen LogP contribution in [0.15, 0.2) is 34.5 Å². The molecule has 1 aromatic rings. The van der Waals surface area contributed by atoms with E-state index in [0.717, 1.165) is 25.5 Å². The summed E-state index contributed by atoms with van der Waals surface area (Å²) < 4.78 is 30.1. The van der Waals surface area contributed by atoms with Gasteiger partial charge >= 0.3 is 0 Å². The maximum Gasteiger partial charge on any atom is 0.221 e. The van der Waals surface area contributed by atoms with Crippen molar-refractivity contribution in [3.05, 3.63) is 35.8 Å². The molecule has 0 unspecified atom stereocenters. The van der Waals surface area contributed by atoms with Gasteiger partial charge in [0.25, 0.3) is 0 Å². The zero-order valence-electron chi connectivity index (χ0n) is 14.2. The number of nitrogens with one attached hydrogen (secondary N) is 1. The summed E-state index contributed by atoms with van der Waals surface area (Å²) in [5, 5.41) is 2.87. The number of rotatable bonds is 9. The van der Waals surface area contributed by atoms with Gasteiger partial charge in [0.2, 0.25) is 15.9 Å². The van der Waals surface area contributed by atoms with E-state index in [1.807, 2.05) is 0 Å². The Labute approximate surface area is 144 Å². The largest absolute Gasteiger partial charge is 0.468 e. The molecular weight excluding hydrogens is 328 g/mol. The molecule has 0 aliphatic heterocycles. The third-order valence-electron chi connectivity index (χ3n) is 4.12. The highest BCUT2D eigenvalue weighted by Gasteiger charge is 2.19. The molecular formula is C17H26N2O4S. The number of carbonyl (C=O) groups is 1. The maximum absolute atomic E-state index is 11.9. The Morgan fingerprint density at radius 3 is 2.83 bits per heavy atom. The van der Waals surface area contributed by atoms with Gasteiger partial charge < -0.3 is 9.73 Å². The van der Waals surface area contributed by atoms with Crippen molar-refractivity contribution in [2.45, 2.75) is 45.1 Å². The number of amides is 1. The highest BCUT2D eigenvalue weighted by atomic mass is 32.2. The van der Waals surface area contributed by atoms with E-state index in [4.69, 9.17) is 4.42 Å². The molecule has 0 saturated heterocycles. The van der Waals surface area contributed by atoms with E-state index >= 15 is 0 Å². The molecule has 0 atom stereocenters. The molecule has 1 N–H and O–H groups in total. The normalized spacial score (nSPS) is 15.3. The molecule has 0 radical (unpaired) electrons. The minimum atomic E-state index is -3.39. The first-order valence-corrected chi connectivity index (χ1v) is 10.2. The summed E-state index contributed by atoms with van der Waals surface area (Å²) in [7, 11) is -3.39. The van der Waals surface area contributed by atoms with Crippen LogP contribution < -0.4 is 5.32 Å². The number of allylic oxidation sites excluding steroid dienone is 1. The van der Waals surface area contributed by atoms with E-state index in [-0.39, 0.29) is 25.4 Å². The minimum Gasteiger partial charge on any atom is -0.468 e. The summed E-state index contributed by atoms with van der Waals surface area (Å²) in [6.07, 6.45) is 10.7. The van der Waals surface area contributed by atoms with Gasteiger partial charge in [-0.2, -0.15) is 4.31 Å². The average molecular weight is 354 g/mol. The van der Waals surface area contributed by atoms with Gasteiger partial charge in [0.15, 0.2) is 0 Å². The predicted octanol–water partition coefficient (Wildman–Crippen LogP) is 2.44. The zero-order valence-corrected chi connectivity index (χ0v) is 15.0. The number of hydrogen-bond acceptors (Lipinski definition) is 4. The molecule has 24 heavy (non-hydrogen) atoms. The molecule has 0 fully saturated rings. The van der Waals surface area contributed by atoms with Gasteiger partial charge in [-0.25, -0.2) is 8.42 Å². The Morgan fingerprint density at radius 2 is 2.21 bits per heavy atom. The van der Waals surface area contributed by atoms with Crippen molar-refractivity contribution in [3.8, 4) is 0 Å². The Kier molecular flexibility index (Phi) is 7.05. The van der Waals surface area contributed by atoms with Crippen molar-refractivity contribution >= 4 is 15.9 Å². The molecule has 1 heterocycles. The highest BCUT2D eigenvalue weighted by Crippen LogP contribution is 2.19. The Hall–Kier alpha value is -1.60. The van der Waals surface area contributed by atoms with Crippen LogP contribution in [0.1, 0.15) is 44.3 Å². The summed E-state index contributed by atoms with van der Waals surface area (Å²) in [6, 6.07) is 3.43. The van der Waals surface area contributed by atoms with Gasteiger partial charge in [-0.3, -0.25) is 4.79 Å². The molecule has 0 bridgehead atoms. The second kappa shape index (κ2) is 9.03. The SMILES string of the molecule is CS(=O)(=O)N(CCC(=O)NCCC1=CCCCC1)Cc1ccco1. The first-order chi connectivity index (χ1) is 11.4. The lowest BCUT2D eigenvalue weighted by molar-refractivity contribution is -0.121. The first-order valence-electron chi connectivity index (χ1n) is 8.37. The van der Waals surface area contributed by atoms with Gasteiger partial charge in [-0.05, 0) is 44.2 Å². The molecule has 0 spiro atoms. The molecule has 134 valence electrons. The van der Waals surface area contributed by atoms with Crippen molar-refractivity contribution in [1.29, 1.82) is 0 Å². The molecule has 1 amide bonds. The van der Waals surface area contributed by atoms with Gasteiger partial charge in [-0.15, -0.1) is 0 Å². The number of nitrogens with zero attached hydrogens (tertiary/aromatic N) is 1. The van der Waals surface area contributed by atoms with Gasteiger partial charge in [0, 0.05) is 19.5 Å². The lowest BCUT2D eigenvalue weighted by Gasteiger charge is -2.18. The van der Waals surface area contributed by atoms with E-state index in [9.17, 15) is 13.2 Å². The standard InChI is InChI=1S/C17H26N2O4S/c1-24(21,22)19(14-16-8-5-13-23-16)12-10-17(20)18-11-9-15-6-3-2-4-7-15/h5-6,8,13H,2-4,7,9-12,14H2,1H3,(H,18,20). The Balaban J connectivity index is 1.74. The quantitative estimate of drug-likeness (QED) is 0.691. The molecule has 1 aliphatic rings. The number of carbonyl (C=O) groups excluding carboxylic acids is 1. The number of hydrogen-bond donors (Lipinski definition) is 1. The van der Waals surface area contributed by atoms with Crippen molar-refractivity contribution in [2.75, 3.05) is 19.3 Å². The van der Waals surface area contributed by atoms with Crippen LogP contribution in [0.4, 0.5) is 0 Å². The lowest BCUT2D eigenvalue weighted by Crippen LogP contribution is -2.34. The van der Waals surface area contributed by atoms with E-state index in [1.54, 1.807) is 12.1 Å². The van der Waals surface area contributed by atoms with Crippen molar-refractivity contribution in [1.82, 2.24) is 9.62 Å². The van der Waals surface area contributed by atoms with Crippen LogP contribution in [0.3, 0.4) is 0 Å². The highest BCUT2D eigenvalue weighted by molar-refractivity contribution is 7.88. The third-order valence-corrected chi connectivity index (χ3v) is 5.37. The van der Waals surface area contributed by atoms with E-state index in [1.165, 1.54) is 29.0 Å². The molecule has 7 heteroatoms. The summed E-state index contributed by atoms with van der Waals surface area (Å²) >= 11 is 0. The second-order valence-corrected chi connectivity index (χ2v) is 8.12. The smallest absolute Gasteiger partial charge is 0.221 e. The van der Waals surface area contributed by atoms with Crippen LogP contribution in [0.5, 0.6) is 0 Å². The van der Waals surface area contributed by atoms with Gasteiger partial charge in [0.1, 0.15) is 5.76 Å². The molecule has 0 saturated carbocycles. The van der Waals surface area contributed by atoms with Crippen LogP contribution in [0, 0.1) is 0 Å². The second-order valence-electron chi connectivity index (χ2n) is 6.13. The molecule has 0 aromatic carbocycles. The van der Waals surface area contributed by atoms with Crippen molar-refractivity contribution in [3.63, 3.8) is 0 Å². The van der Waals surface area contributed by atoms with Crippen molar-refractivity contribution in [2.24, 2.45) is 0 Å². The van der Waals surface area contributed by atoms with Crippen molar-refractivity contribution < 1.29 is 17.6 Å². The van der Waals surface area contributed by atoms with E-state index in [0.29, 0.717) is 12.3 Å². The monoisotopic (exact) mass is 354 g/mol. The topological polar surface area (TPSA) is 79.6 Å². The summed E-state index contributed by atoms with van der Waals surface area (Å²) in [6.45, 7) is 0.905. The van der Waals surface area contributed by atoms with Gasteiger partial charge in [0.05, 0.1) is 19.1 Å². The Morgan fingerprint density at radius 1 is 1.38 bits per heavy atom. The van der Waals surface area contributed by atoms with E-state index < -0.39 is 10.0 Å². The fourth-order valence-corrected chi connectivity index (χ4v) is 3.53. The van der Waals surface area contributed by atoms with Gasteiger partial charge in [-0.1, -0.05) is 11.6 Å². The predicted molar refractivity (Wildman–Crippen MR) is 92.8 cm³/mol. The fraction of sp³-hybridized carbons (Fsp3) is 0.588. The van der Waals surface area contributed by atoms with Crippen LogP contribution in [0.25, 0.3) is 0 Å². The summed E-state index contributed by atoms with van der Waals surface area (Å²) in [5.74, 6) is 0.435. The lowest BCUT2D eigenvalue weighted by atomic mass is 9.97. The molecule has 1 aliphatic carbocycles. The third kappa shape index (κ3) is 6.49. The van der Waals surface area contributed by atoms with Crippen LogP contribution >= 0.6 is 0 Å². The zero-order chi connectivity index (χ0) is 17.4. The number of furan rings is 1. The fourth-order valence-electron chi connectivity index (χ4n) is 2.75. The number of sulfonamides is 1. The first kappa shape index (κ1) is 18.7. The average Bonchev–Trinajstić information content (AvgIpc) is 3.04. The summed E-state index contributed by atoms with van der Waals surface area (Å²) in [5.41, 5.74) is 1.41. The molecule has 6 nitrogen and oxygen atoms in total.